The van der Waals surface area contributed by atoms with Gasteiger partial charge in [0.05, 0.1) is 4.99 Å². The van der Waals surface area contributed by atoms with Crippen LogP contribution in [0.15, 0.2) is 0 Å². The van der Waals surface area contributed by atoms with E-state index in [9.17, 15) is 0 Å². The highest BCUT2D eigenvalue weighted by Crippen LogP contribution is 2.56. The van der Waals surface area contributed by atoms with E-state index in [1.165, 1.54) is 32.1 Å². The maximum absolute atomic E-state index is 5.47. The van der Waals surface area contributed by atoms with E-state index < -0.39 is 0 Å². The Morgan fingerprint density at radius 2 is 1.50 bits per heavy atom. The van der Waals surface area contributed by atoms with Gasteiger partial charge in [-0.1, -0.05) is 12.2 Å². The molecule has 4 aliphatic carbocycles. The van der Waals surface area contributed by atoms with Crippen LogP contribution in [0.5, 0.6) is 0 Å². The molecule has 4 bridgehead atoms. The highest BCUT2D eigenvalue weighted by atomic mass is 32.1. The SMILES string of the molecule is CNC(=S)C1C2CC3CC(C2)CC1C3. The van der Waals surface area contributed by atoms with Crippen LogP contribution in [0.25, 0.3) is 0 Å². The van der Waals surface area contributed by atoms with Crippen molar-refractivity contribution in [3.8, 4) is 0 Å². The maximum atomic E-state index is 5.47. The molecule has 0 aliphatic heterocycles. The topological polar surface area (TPSA) is 12.0 Å². The molecule has 4 aliphatic rings. The minimum absolute atomic E-state index is 0.739. The van der Waals surface area contributed by atoms with Crippen LogP contribution in [-0.4, -0.2) is 12.0 Å². The van der Waals surface area contributed by atoms with E-state index in [-0.39, 0.29) is 0 Å². The Hall–Kier alpha value is -0.110. The van der Waals surface area contributed by atoms with Crippen LogP contribution in [0.4, 0.5) is 0 Å². The highest BCUT2D eigenvalue weighted by molar-refractivity contribution is 7.80. The lowest BCUT2D eigenvalue weighted by Crippen LogP contribution is -2.49. The van der Waals surface area contributed by atoms with Gasteiger partial charge in [-0.25, -0.2) is 0 Å². The molecule has 0 radical (unpaired) electrons. The molecule has 0 heterocycles. The van der Waals surface area contributed by atoms with E-state index in [0.29, 0.717) is 0 Å². The van der Waals surface area contributed by atoms with E-state index in [4.69, 9.17) is 12.2 Å². The van der Waals surface area contributed by atoms with Crippen LogP contribution in [-0.2, 0) is 0 Å². The maximum Gasteiger partial charge on any atom is 0.0787 e. The van der Waals surface area contributed by atoms with Gasteiger partial charge in [-0.05, 0) is 55.8 Å². The van der Waals surface area contributed by atoms with Crippen molar-refractivity contribution >= 4 is 17.2 Å². The van der Waals surface area contributed by atoms with E-state index in [1.807, 2.05) is 7.05 Å². The fraction of sp³-hybridized carbons (Fsp3) is 0.917. The Morgan fingerprint density at radius 3 is 1.93 bits per heavy atom. The number of rotatable bonds is 1. The zero-order chi connectivity index (χ0) is 9.71. The minimum Gasteiger partial charge on any atom is -0.382 e. The van der Waals surface area contributed by atoms with Gasteiger partial charge in [0.25, 0.3) is 0 Å². The summed E-state index contributed by atoms with van der Waals surface area (Å²) >= 11 is 5.47. The fourth-order valence-electron chi connectivity index (χ4n) is 4.52. The Bertz CT molecular complexity index is 233. The second-order valence-electron chi connectivity index (χ2n) is 5.57. The monoisotopic (exact) mass is 209 g/mol. The lowest BCUT2D eigenvalue weighted by Gasteiger charge is -2.54. The minimum atomic E-state index is 0.739. The molecule has 0 aromatic heterocycles. The largest absolute Gasteiger partial charge is 0.382 e. The molecule has 1 nitrogen and oxygen atoms in total. The molecule has 4 fully saturated rings. The fourth-order valence-corrected chi connectivity index (χ4v) is 4.90. The summed E-state index contributed by atoms with van der Waals surface area (Å²) < 4.78 is 0. The molecule has 0 aromatic carbocycles. The van der Waals surface area contributed by atoms with Gasteiger partial charge in [-0.15, -0.1) is 0 Å². The van der Waals surface area contributed by atoms with Crippen molar-refractivity contribution in [3.05, 3.63) is 0 Å². The third kappa shape index (κ3) is 1.23. The Kier molecular flexibility index (Phi) is 2.08. The third-order valence-electron chi connectivity index (χ3n) is 4.78. The predicted octanol–water partition coefficient (Wildman–Crippen LogP) is 2.61. The summed E-state index contributed by atoms with van der Waals surface area (Å²) in [5.41, 5.74) is 0. The molecule has 14 heavy (non-hydrogen) atoms. The van der Waals surface area contributed by atoms with Gasteiger partial charge in [0, 0.05) is 13.0 Å². The van der Waals surface area contributed by atoms with Crippen LogP contribution in [0, 0.1) is 29.6 Å². The second kappa shape index (κ2) is 3.19. The molecule has 1 N–H and O–H groups in total. The molecule has 0 amide bonds. The first-order valence-corrected chi connectivity index (χ1v) is 6.40. The Balaban J connectivity index is 1.84. The Labute approximate surface area is 91.6 Å². The summed E-state index contributed by atoms with van der Waals surface area (Å²) in [6.07, 6.45) is 7.42. The molecule has 0 atom stereocenters. The van der Waals surface area contributed by atoms with Crippen molar-refractivity contribution in [2.24, 2.45) is 29.6 Å². The third-order valence-corrected chi connectivity index (χ3v) is 5.25. The summed E-state index contributed by atoms with van der Waals surface area (Å²) in [6.45, 7) is 0. The quantitative estimate of drug-likeness (QED) is 0.666. The molecule has 78 valence electrons. The van der Waals surface area contributed by atoms with Gasteiger partial charge in [0.2, 0.25) is 0 Å². The number of thiocarbonyl (C=S) groups is 1. The summed E-state index contributed by atoms with van der Waals surface area (Å²) in [4.78, 5) is 1.15. The van der Waals surface area contributed by atoms with Crippen molar-refractivity contribution in [1.29, 1.82) is 0 Å². The molecule has 0 saturated heterocycles. The lowest BCUT2D eigenvalue weighted by atomic mass is 9.52. The van der Waals surface area contributed by atoms with Gasteiger partial charge in [-0.3, -0.25) is 0 Å². The normalized spacial score (nSPS) is 49.4. The molecular formula is C12H19NS. The van der Waals surface area contributed by atoms with E-state index >= 15 is 0 Å². The van der Waals surface area contributed by atoms with Crippen molar-refractivity contribution in [2.75, 3.05) is 7.05 Å². The average Bonchev–Trinajstić information content (AvgIpc) is 2.15. The summed E-state index contributed by atoms with van der Waals surface area (Å²) in [5.74, 6) is 4.74. The van der Waals surface area contributed by atoms with Crippen molar-refractivity contribution in [2.45, 2.75) is 32.1 Å². The van der Waals surface area contributed by atoms with Gasteiger partial charge in [0.1, 0.15) is 0 Å². The number of nitrogens with one attached hydrogen (secondary N) is 1. The standard InChI is InChI=1S/C12H19NS/c1-13-12(14)11-9-3-7-2-8(5-9)6-10(11)4-7/h7-11H,2-6H2,1H3,(H,13,14). The Morgan fingerprint density at radius 1 is 1.00 bits per heavy atom. The lowest BCUT2D eigenvalue weighted by molar-refractivity contribution is -0.00831. The molecule has 4 saturated carbocycles. The molecule has 2 heteroatoms. The second-order valence-corrected chi connectivity index (χ2v) is 6.01. The van der Waals surface area contributed by atoms with Gasteiger partial charge < -0.3 is 5.32 Å². The van der Waals surface area contributed by atoms with Crippen LogP contribution >= 0.6 is 12.2 Å². The van der Waals surface area contributed by atoms with Gasteiger partial charge in [0.15, 0.2) is 0 Å². The zero-order valence-electron chi connectivity index (χ0n) is 8.83. The molecular weight excluding hydrogens is 190 g/mol. The predicted molar refractivity (Wildman–Crippen MR) is 62.2 cm³/mol. The van der Waals surface area contributed by atoms with E-state index in [2.05, 4.69) is 5.32 Å². The van der Waals surface area contributed by atoms with Gasteiger partial charge >= 0.3 is 0 Å². The van der Waals surface area contributed by atoms with Crippen molar-refractivity contribution in [1.82, 2.24) is 5.32 Å². The molecule has 4 rings (SSSR count). The van der Waals surface area contributed by atoms with Crippen LogP contribution < -0.4 is 5.32 Å². The molecule has 0 spiro atoms. The van der Waals surface area contributed by atoms with Crippen molar-refractivity contribution < 1.29 is 0 Å². The first-order chi connectivity index (χ1) is 6.78. The zero-order valence-corrected chi connectivity index (χ0v) is 9.65. The van der Waals surface area contributed by atoms with Crippen LogP contribution in [0.3, 0.4) is 0 Å². The van der Waals surface area contributed by atoms with Gasteiger partial charge in [-0.2, -0.15) is 0 Å². The highest BCUT2D eigenvalue weighted by Gasteiger charge is 2.49. The molecule has 0 aromatic rings. The summed E-state index contributed by atoms with van der Waals surface area (Å²) in [7, 11) is 1.99. The first kappa shape index (κ1) is 9.14. The number of hydrogen-bond donors (Lipinski definition) is 1. The molecule has 0 unspecified atom stereocenters. The summed E-state index contributed by atoms with van der Waals surface area (Å²) in [6, 6.07) is 0. The van der Waals surface area contributed by atoms with Crippen LogP contribution in [0.2, 0.25) is 0 Å². The average molecular weight is 209 g/mol. The first-order valence-electron chi connectivity index (χ1n) is 5.99. The van der Waals surface area contributed by atoms with Crippen LogP contribution in [0.1, 0.15) is 32.1 Å². The smallest absolute Gasteiger partial charge is 0.0787 e. The summed E-state index contributed by atoms with van der Waals surface area (Å²) in [5, 5.41) is 3.22. The van der Waals surface area contributed by atoms with E-state index in [1.54, 1.807) is 0 Å². The number of hydrogen-bond acceptors (Lipinski definition) is 1. The van der Waals surface area contributed by atoms with E-state index in [0.717, 1.165) is 34.6 Å². The van der Waals surface area contributed by atoms with Crippen molar-refractivity contribution in [3.63, 3.8) is 0 Å².